The monoisotopic (exact) mass is 348 g/mol. The standard InChI is InChI=1S/C18H21ClN2O3/c1-12-10-14(11-13(2)17(12)19)24-9-8-20-18(22)21-15-6-4-5-7-16(15)23-3/h4-7,10-11H,8-9H2,1-3H3,(H2,20,21,22). The summed E-state index contributed by atoms with van der Waals surface area (Å²) in [7, 11) is 1.56. The Morgan fingerprint density at radius 1 is 1.17 bits per heavy atom. The van der Waals surface area contributed by atoms with Gasteiger partial charge in [-0.25, -0.2) is 4.79 Å². The van der Waals surface area contributed by atoms with Gasteiger partial charge in [0.05, 0.1) is 19.3 Å². The van der Waals surface area contributed by atoms with Gasteiger partial charge in [-0.1, -0.05) is 23.7 Å². The molecule has 5 nitrogen and oxygen atoms in total. The van der Waals surface area contributed by atoms with Crippen LogP contribution >= 0.6 is 11.6 Å². The van der Waals surface area contributed by atoms with Crippen molar-refractivity contribution in [3.8, 4) is 11.5 Å². The first-order chi connectivity index (χ1) is 11.5. The third-order valence-corrected chi connectivity index (χ3v) is 4.02. The Labute approximate surface area is 146 Å². The second kappa shape index (κ2) is 8.45. The summed E-state index contributed by atoms with van der Waals surface area (Å²) in [6.45, 7) is 4.60. The predicted octanol–water partition coefficient (Wildman–Crippen LogP) is 4.17. The molecule has 0 heterocycles. The molecule has 2 N–H and O–H groups in total. The number of hydrogen-bond donors (Lipinski definition) is 2. The highest BCUT2D eigenvalue weighted by Gasteiger charge is 2.07. The number of aryl methyl sites for hydroxylation is 2. The van der Waals surface area contributed by atoms with Crippen LogP contribution in [0.1, 0.15) is 11.1 Å². The minimum Gasteiger partial charge on any atom is -0.495 e. The van der Waals surface area contributed by atoms with E-state index in [1.165, 1.54) is 0 Å². The number of halogens is 1. The van der Waals surface area contributed by atoms with E-state index in [9.17, 15) is 4.79 Å². The third-order valence-electron chi connectivity index (χ3n) is 3.42. The fourth-order valence-corrected chi connectivity index (χ4v) is 2.35. The van der Waals surface area contributed by atoms with E-state index in [0.29, 0.717) is 24.6 Å². The summed E-state index contributed by atoms with van der Waals surface area (Å²) >= 11 is 6.12. The van der Waals surface area contributed by atoms with E-state index < -0.39 is 0 Å². The fourth-order valence-electron chi connectivity index (χ4n) is 2.24. The summed E-state index contributed by atoms with van der Waals surface area (Å²) in [5, 5.41) is 6.22. The number of benzene rings is 2. The highest BCUT2D eigenvalue weighted by Crippen LogP contribution is 2.25. The quantitative estimate of drug-likeness (QED) is 0.770. The topological polar surface area (TPSA) is 59.6 Å². The van der Waals surface area contributed by atoms with Gasteiger partial charge in [0, 0.05) is 5.02 Å². The van der Waals surface area contributed by atoms with Gasteiger partial charge in [0.25, 0.3) is 0 Å². The Morgan fingerprint density at radius 3 is 2.50 bits per heavy atom. The van der Waals surface area contributed by atoms with Crippen molar-refractivity contribution in [2.24, 2.45) is 0 Å². The molecule has 128 valence electrons. The molecule has 0 fully saturated rings. The number of hydrogen-bond acceptors (Lipinski definition) is 3. The van der Waals surface area contributed by atoms with Crippen molar-refractivity contribution in [3.05, 3.63) is 52.5 Å². The van der Waals surface area contributed by atoms with Crippen molar-refractivity contribution in [1.82, 2.24) is 5.32 Å². The molecular weight excluding hydrogens is 328 g/mol. The van der Waals surface area contributed by atoms with Crippen LogP contribution in [0.4, 0.5) is 10.5 Å². The van der Waals surface area contributed by atoms with Crippen LogP contribution in [-0.4, -0.2) is 26.3 Å². The van der Waals surface area contributed by atoms with Gasteiger partial charge in [-0.3, -0.25) is 0 Å². The van der Waals surface area contributed by atoms with E-state index in [0.717, 1.165) is 21.9 Å². The predicted molar refractivity (Wildman–Crippen MR) is 96.4 cm³/mol. The second-order valence-electron chi connectivity index (χ2n) is 5.30. The van der Waals surface area contributed by atoms with Crippen LogP contribution in [0.25, 0.3) is 0 Å². The average Bonchev–Trinajstić information content (AvgIpc) is 2.57. The Morgan fingerprint density at radius 2 is 1.83 bits per heavy atom. The maximum absolute atomic E-state index is 11.9. The van der Waals surface area contributed by atoms with Crippen LogP contribution in [0.15, 0.2) is 36.4 Å². The molecular formula is C18H21ClN2O3. The number of anilines is 1. The summed E-state index contributed by atoms with van der Waals surface area (Å²) in [6.07, 6.45) is 0. The number of nitrogens with one attached hydrogen (secondary N) is 2. The van der Waals surface area contributed by atoms with E-state index in [-0.39, 0.29) is 6.03 Å². The number of urea groups is 1. The largest absolute Gasteiger partial charge is 0.495 e. The van der Waals surface area contributed by atoms with Crippen molar-refractivity contribution >= 4 is 23.3 Å². The van der Waals surface area contributed by atoms with Gasteiger partial charge in [-0.2, -0.15) is 0 Å². The average molecular weight is 349 g/mol. The zero-order chi connectivity index (χ0) is 17.5. The maximum atomic E-state index is 11.9. The number of rotatable bonds is 6. The van der Waals surface area contributed by atoms with Gasteiger partial charge >= 0.3 is 6.03 Å². The molecule has 2 rings (SSSR count). The maximum Gasteiger partial charge on any atom is 0.319 e. The van der Waals surface area contributed by atoms with Crippen molar-refractivity contribution in [2.75, 3.05) is 25.6 Å². The van der Waals surface area contributed by atoms with E-state index in [2.05, 4.69) is 10.6 Å². The first-order valence-corrected chi connectivity index (χ1v) is 7.96. The molecule has 0 unspecified atom stereocenters. The number of carbonyl (C=O) groups excluding carboxylic acids is 1. The van der Waals surface area contributed by atoms with Crippen molar-refractivity contribution in [1.29, 1.82) is 0 Å². The lowest BCUT2D eigenvalue weighted by atomic mass is 10.1. The molecule has 0 aliphatic heterocycles. The Balaban J connectivity index is 1.79. The van der Waals surface area contributed by atoms with Crippen LogP contribution in [-0.2, 0) is 0 Å². The molecule has 0 bridgehead atoms. The molecule has 0 spiro atoms. The van der Waals surface area contributed by atoms with E-state index >= 15 is 0 Å². The summed E-state index contributed by atoms with van der Waals surface area (Å²) in [6, 6.07) is 10.7. The highest BCUT2D eigenvalue weighted by atomic mass is 35.5. The number of methoxy groups -OCH3 is 1. The van der Waals surface area contributed by atoms with Gasteiger partial charge < -0.3 is 20.1 Å². The molecule has 6 heteroatoms. The molecule has 0 aliphatic rings. The lowest BCUT2D eigenvalue weighted by molar-refractivity contribution is 0.247. The summed E-state index contributed by atoms with van der Waals surface area (Å²) in [4.78, 5) is 11.9. The molecule has 2 aromatic carbocycles. The van der Waals surface area contributed by atoms with Crippen molar-refractivity contribution in [3.63, 3.8) is 0 Å². The number of amides is 2. The van der Waals surface area contributed by atoms with Gasteiger partial charge in [-0.15, -0.1) is 0 Å². The molecule has 2 amide bonds. The normalized spacial score (nSPS) is 10.2. The van der Waals surface area contributed by atoms with Crippen LogP contribution in [0.2, 0.25) is 5.02 Å². The summed E-state index contributed by atoms with van der Waals surface area (Å²) < 4.78 is 10.8. The lowest BCUT2D eigenvalue weighted by Gasteiger charge is -2.12. The number of para-hydroxylation sites is 2. The molecule has 0 radical (unpaired) electrons. The van der Waals surface area contributed by atoms with Crippen LogP contribution in [0.5, 0.6) is 11.5 Å². The van der Waals surface area contributed by atoms with Gasteiger partial charge in [0.15, 0.2) is 0 Å². The smallest absolute Gasteiger partial charge is 0.319 e. The minimum atomic E-state index is -0.313. The summed E-state index contributed by atoms with van der Waals surface area (Å²) in [5.41, 5.74) is 2.55. The number of ether oxygens (including phenoxy) is 2. The van der Waals surface area contributed by atoms with E-state index in [1.807, 2.05) is 38.1 Å². The molecule has 24 heavy (non-hydrogen) atoms. The van der Waals surface area contributed by atoms with E-state index in [1.54, 1.807) is 19.2 Å². The molecule has 0 aromatic heterocycles. The first-order valence-electron chi connectivity index (χ1n) is 7.58. The second-order valence-corrected chi connectivity index (χ2v) is 5.68. The van der Waals surface area contributed by atoms with Crippen LogP contribution in [0.3, 0.4) is 0 Å². The van der Waals surface area contributed by atoms with Gasteiger partial charge in [0.1, 0.15) is 18.1 Å². The number of carbonyl (C=O) groups is 1. The van der Waals surface area contributed by atoms with Crippen LogP contribution < -0.4 is 20.1 Å². The molecule has 0 saturated heterocycles. The molecule has 0 aliphatic carbocycles. The van der Waals surface area contributed by atoms with E-state index in [4.69, 9.17) is 21.1 Å². The molecule has 2 aromatic rings. The Hall–Kier alpha value is -2.40. The third kappa shape index (κ3) is 4.80. The summed E-state index contributed by atoms with van der Waals surface area (Å²) in [5.74, 6) is 1.34. The Bertz CT molecular complexity index is 696. The zero-order valence-corrected chi connectivity index (χ0v) is 14.7. The minimum absolute atomic E-state index is 0.313. The highest BCUT2D eigenvalue weighted by molar-refractivity contribution is 6.32. The van der Waals surface area contributed by atoms with Gasteiger partial charge in [0.2, 0.25) is 0 Å². The first kappa shape index (κ1) is 17.9. The van der Waals surface area contributed by atoms with Crippen molar-refractivity contribution in [2.45, 2.75) is 13.8 Å². The molecule has 0 saturated carbocycles. The fraction of sp³-hybridized carbons (Fsp3) is 0.278. The zero-order valence-electron chi connectivity index (χ0n) is 14.0. The SMILES string of the molecule is COc1ccccc1NC(=O)NCCOc1cc(C)c(Cl)c(C)c1. The van der Waals surface area contributed by atoms with Crippen molar-refractivity contribution < 1.29 is 14.3 Å². The molecule has 0 atom stereocenters. The van der Waals surface area contributed by atoms with Gasteiger partial charge in [-0.05, 0) is 49.2 Å². The van der Waals surface area contributed by atoms with Crippen LogP contribution in [0, 0.1) is 13.8 Å². The lowest BCUT2D eigenvalue weighted by Crippen LogP contribution is -2.32. The Kier molecular flexibility index (Phi) is 6.32.